The summed E-state index contributed by atoms with van der Waals surface area (Å²) < 4.78 is 4.73. The minimum atomic E-state index is -0.512. The summed E-state index contributed by atoms with van der Waals surface area (Å²) in [5, 5.41) is 34.1. The summed E-state index contributed by atoms with van der Waals surface area (Å²) in [6.07, 6.45) is 1.26. The van der Waals surface area contributed by atoms with Crippen LogP contribution >= 0.6 is 0 Å². The van der Waals surface area contributed by atoms with E-state index in [1.54, 1.807) is 6.07 Å². The maximum Gasteiger partial charge on any atom is 0.323 e. The molecule has 3 aromatic rings. The number of aliphatic hydroxyl groups excluding tert-OH is 1. The van der Waals surface area contributed by atoms with Crippen molar-refractivity contribution in [3.63, 3.8) is 0 Å². The number of benzene rings is 2. The van der Waals surface area contributed by atoms with Crippen LogP contribution in [0, 0.1) is 10.1 Å². The molecule has 0 unspecified atom stereocenters. The molecule has 1 aromatic heterocycles. The molecule has 3 rings (SSSR count). The van der Waals surface area contributed by atoms with Crippen LogP contribution in [0.2, 0.25) is 0 Å². The Balaban J connectivity index is 1.85. The van der Waals surface area contributed by atoms with Crippen molar-refractivity contribution >= 4 is 28.1 Å². The maximum absolute atomic E-state index is 11.5. The molecule has 0 aliphatic carbocycles. The lowest BCUT2D eigenvalue weighted by atomic mass is 10.1. The molecular formula is C17H19N5O4. The first-order valence-electron chi connectivity index (χ1n) is 8.27. The zero-order valence-electron chi connectivity index (χ0n) is 14.0. The van der Waals surface area contributed by atoms with Gasteiger partial charge >= 0.3 is 5.69 Å². The number of nitro benzene ring substituents is 1. The number of nitrogens with zero attached hydrogens (tertiary/aromatic N) is 3. The fourth-order valence-corrected chi connectivity index (χ4v) is 2.67. The van der Waals surface area contributed by atoms with E-state index in [0.717, 1.165) is 6.42 Å². The molecule has 0 aliphatic rings. The van der Waals surface area contributed by atoms with Gasteiger partial charge in [0.05, 0.1) is 10.6 Å². The highest BCUT2D eigenvalue weighted by atomic mass is 16.6. The van der Waals surface area contributed by atoms with Crippen LogP contribution in [0.3, 0.4) is 0 Å². The number of fused-ring (bicyclic) bond motifs is 1. The Hall–Kier alpha value is -3.20. The molecule has 0 bridgehead atoms. The second kappa shape index (κ2) is 8.26. The smallest absolute Gasteiger partial charge is 0.323 e. The predicted octanol–water partition coefficient (Wildman–Crippen LogP) is 2.58. The van der Waals surface area contributed by atoms with Gasteiger partial charge in [-0.1, -0.05) is 30.3 Å². The quantitative estimate of drug-likeness (QED) is 0.303. The van der Waals surface area contributed by atoms with E-state index in [2.05, 4.69) is 20.9 Å². The van der Waals surface area contributed by atoms with Gasteiger partial charge in [-0.2, -0.15) is 0 Å². The highest BCUT2D eigenvalue weighted by Gasteiger charge is 2.25. The van der Waals surface area contributed by atoms with E-state index in [9.17, 15) is 10.1 Å². The van der Waals surface area contributed by atoms with Gasteiger partial charge in [-0.25, -0.2) is 4.63 Å². The van der Waals surface area contributed by atoms with Crippen LogP contribution in [0.25, 0.3) is 11.0 Å². The van der Waals surface area contributed by atoms with E-state index in [4.69, 9.17) is 9.74 Å². The van der Waals surface area contributed by atoms with Crippen LogP contribution < -0.4 is 10.6 Å². The number of hydrogen-bond acceptors (Lipinski definition) is 8. The number of aliphatic hydroxyl groups is 1. The summed E-state index contributed by atoms with van der Waals surface area (Å²) in [5.74, 6) is 0. The molecule has 9 heteroatoms. The van der Waals surface area contributed by atoms with Crippen molar-refractivity contribution in [1.82, 2.24) is 10.3 Å². The average molecular weight is 357 g/mol. The van der Waals surface area contributed by atoms with Gasteiger partial charge in [-0.15, -0.1) is 0 Å². The van der Waals surface area contributed by atoms with E-state index < -0.39 is 4.92 Å². The second-order valence-corrected chi connectivity index (χ2v) is 5.71. The highest BCUT2D eigenvalue weighted by molar-refractivity contribution is 5.99. The molecular weight excluding hydrogens is 338 g/mol. The average Bonchev–Trinajstić information content (AvgIpc) is 3.12. The number of nitrogens with one attached hydrogen (secondary N) is 2. The van der Waals surface area contributed by atoms with E-state index in [0.29, 0.717) is 36.4 Å². The highest BCUT2D eigenvalue weighted by Crippen LogP contribution is 2.36. The molecule has 2 aromatic carbocycles. The first-order valence-corrected chi connectivity index (χ1v) is 8.27. The van der Waals surface area contributed by atoms with Gasteiger partial charge < -0.3 is 15.7 Å². The van der Waals surface area contributed by atoms with Crippen LogP contribution in [0.5, 0.6) is 0 Å². The molecule has 0 amide bonds. The molecule has 1 heterocycles. The van der Waals surface area contributed by atoms with Crippen LogP contribution in [0.4, 0.5) is 17.1 Å². The van der Waals surface area contributed by atoms with Crippen LogP contribution in [0.1, 0.15) is 12.0 Å². The van der Waals surface area contributed by atoms with Crippen molar-refractivity contribution in [2.75, 3.05) is 30.3 Å². The van der Waals surface area contributed by atoms with Crippen molar-refractivity contribution in [2.45, 2.75) is 12.8 Å². The fourth-order valence-electron chi connectivity index (χ4n) is 2.67. The molecule has 0 spiro atoms. The zero-order valence-corrected chi connectivity index (χ0v) is 14.0. The minimum Gasteiger partial charge on any atom is -0.396 e. The van der Waals surface area contributed by atoms with Crippen LogP contribution in [0.15, 0.2) is 41.0 Å². The Labute approximate surface area is 149 Å². The minimum absolute atomic E-state index is 0.00323. The van der Waals surface area contributed by atoms with Gasteiger partial charge in [-0.3, -0.25) is 10.1 Å². The summed E-state index contributed by atoms with van der Waals surface area (Å²) in [7, 11) is 0. The molecule has 26 heavy (non-hydrogen) atoms. The molecule has 0 atom stereocenters. The van der Waals surface area contributed by atoms with Gasteiger partial charge in [0.15, 0.2) is 5.52 Å². The normalized spacial score (nSPS) is 10.8. The SMILES string of the molecule is O=[N+]([O-])c1c(NCCCO)cc(NCCc2ccccc2)c2nonc12. The lowest BCUT2D eigenvalue weighted by Gasteiger charge is -2.11. The van der Waals surface area contributed by atoms with Crippen molar-refractivity contribution < 1.29 is 14.7 Å². The zero-order chi connectivity index (χ0) is 18.4. The maximum atomic E-state index is 11.5. The van der Waals surface area contributed by atoms with Crippen molar-refractivity contribution in [3.05, 3.63) is 52.1 Å². The third-order valence-electron chi connectivity index (χ3n) is 3.92. The lowest BCUT2D eigenvalue weighted by molar-refractivity contribution is -0.382. The van der Waals surface area contributed by atoms with E-state index in [1.165, 1.54) is 5.56 Å². The lowest BCUT2D eigenvalue weighted by Crippen LogP contribution is -2.09. The van der Waals surface area contributed by atoms with Gasteiger partial charge in [0.1, 0.15) is 5.69 Å². The van der Waals surface area contributed by atoms with Crippen molar-refractivity contribution in [1.29, 1.82) is 0 Å². The van der Waals surface area contributed by atoms with Gasteiger partial charge in [0.2, 0.25) is 5.52 Å². The summed E-state index contributed by atoms with van der Waals surface area (Å²) >= 11 is 0. The Morgan fingerprint density at radius 3 is 2.54 bits per heavy atom. The van der Waals surface area contributed by atoms with Crippen LogP contribution in [-0.4, -0.2) is 40.0 Å². The molecule has 0 saturated carbocycles. The monoisotopic (exact) mass is 357 g/mol. The largest absolute Gasteiger partial charge is 0.396 e. The number of hydrogen-bond donors (Lipinski definition) is 3. The molecule has 0 fully saturated rings. The van der Waals surface area contributed by atoms with Gasteiger partial charge in [0, 0.05) is 19.7 Å². The first-order chi connectivity index (χ1) is 12.7. The number of rotatable bonds is 9. The van der Waals surface area contributed by atoms with Crippen molar-refractivity contribution in [3.8, 4) is 0 Å². The van der Waals surface area contributed by atoms with Crippen LogP contribution in [-0.2, 0) is 6.42 Å². The third-order valence-corrected chi connectivity index (χ3v) is 3.92. The first kappa shape index (κ1) is 17.6. The standard InChI is InChI=1S/C17H19N5O4/c23-10-4-8-18-14-11-13(19-9-7-12-5-2-1-3-6-12)15-16(21-26-20-15)17(14)22(24)25/h1-3,5-6,11,18-19,23H,4,7-10H2. The van der Waals surface area contributed by atoms with E-state index in [1.807, 2.05) is 30.3 Å². The van der Waals surface area contributed by atoms with Gasteiger partial charge in [0.25, 0.3) is 0 Å². The molecule has 0 aliphatic heterocycles. The number of nitro groups is 1. The summed E-state index contributed by atoms with van der Waals surface area (Å²) in [5.41, 5.74) is 2.32. The number of aromatic nitrogens is 2. The number of anilines is 2. The Bertz CT molecular complexity index is 881. The van der Waals surface area contributed by atoms with E-state index in [-0.39, 0.29) is 17.8 Å². The summed E-state index contributed by atoms with van der Waals surface area (Å²) in [6, 6.07) is 11.6. The molecule has 136 valence electrons. The molecule has 3 N–H and O–H groups in total. The topological polar surface area (TPSA) is 126 Å². The fraction of sp³-hybridized carbons (Fsp3) is 0.294. The Morgan fingerprint density at radius 1 is 1.08 bits per heavy atom. The predicted molar refractivity (Wildman–Crippen MR) is 97.3 cm³/mol. The molecule has 9 nitrogen and oxygen atoms in total. The second-order valence-electron chi connectivity index (χ2n) is 5.71. The van der Waals surface area contributed by atoms with E-state index >= 15 is 0 Å². The molecule has 0 radical (unpaired) electrons. The Morgan fingerprint density at radius 2 is 1.81 bits per heavy atom. The summed E-state index contributed by atoms with van der Waals surface area (Å²) in [6.45, 7) is 1.02. The van der Waals surface area contributed by atoms with Gasteiger partial charge in [-0.05, 0) is 34.8 Å². The molecule has 0 saturated heterocycles. The Kier molecular flexibility index (Phi) is 5.59. The van der Waals surface area contributed by atoms with Crippen molar-refractivity contribution in [2.24, 2.45) is 0 Å². The summed E-state index contributed by atoms with van der Waals surface area (Å²) in [4.78, 5) is 11.0. The third kappa shape index (κ3) is 3.89.